The van der Waals surface area contributed by atoms with E-state index in [9.17, 15) is 0 Å². The smallest absolute Gasteiger partial charge is 0.137 e. The van der Waals surface area contributed by atoms with Crippen molar-refractivity contribution < 1.29 is 4.74 Å². The molecule has 0 radical (unpaired) electrons. The first-order valence-corrected chi connectivity index (χ1v) is 5.68. The van der Waals surface area contributed by atoms with E-state index < -0.39 is 0 Å². The van der Waals surface area contributed by atoms with Gasteiger partial charge in [-0.1, -0.05) is 11.6 Å². The Morgan fingerprint density at radius 2 is 2.29 bits per heavy atom. The van der Waals surface area contributed by atoms with Crippen LogP contribution in [0.1, 0.15) is 0 Å². The summed E-state index contributed by atoms with van der Waals surface area (Å²) in [4.78, 5) is 4.31. The van der Waals surface area contributed by atoms with E-state index in [0.717, 1.165) is 17.8 Å². The predicted molar refractivity (Wildman–Crippen MR) is 68.3 cm³/mol. The summed E-state index contributed by atoms with van der Waals surface area (Å²) in [6, 6.07) is 5.61. The number of ether oxygens (including phenoxy) is 1. The summed E-state index contributed by atoms with van der Waals surface area (Å²) < 4.78 is 7.06. The maximum absolute atomic E-state index is 6.07. The Bertz CT molecular complexity index is 510. The Hall–Kier alpha value is -1.52. The Kier molecular flexibility index (Phi) is 3.66. The van der Waals surface area contributed by atoms with E-state index >= 15 is 0 Å². The average Bonchev–Trinajstić information content (AvgIpc) is 2.78. The van der Waals surface area contributed by atoms with Crippen LogP contribution < -0.4 is 10.5 Å². The summed E-state index contributed by atoms with van der Waals surface area (Å²) >= 11 is 6.07. The number of hydrogen-bond donors (Lipinski definition) is 1. The molecule has 4 nitrogen and oxygen atoms in total. The van der Waals surface area contributed by atoms with Crippen molar-refractivity contribution in [3.05, 3.63) is 35.7 Å². The second-order valence-electron chi connectivity index (χ2n) is 3.63. The van der Waals surface area contributed by atoms with Crippen LogP contribution in [0, 0.1) is 0 Å². The molecule has 2 N–H and O–H groups in total. The van der Waals surface area contributed by atoms with Gasteiger partial charge in [0.1, 0.15) is 5.75 Å². The van der Waals surface area contributed by atoms with E-state index in [1.165, 1.54) is 0 Å². The summed E-state index contributed by atoms with van der Waals surface area (Å²) in [5, 5.41) is 0.582. The van der Waals surface area contributed by atoms with Gasteiger partial charge in [-0.05, 0) is 18.2 Å². The van der Waals surface area contributed by atoms with Crippen LogP contribution in [0.15, 0.2) is 30.7 Å². The molecule has 0 unspecified atom stereocenters. The molecule has 0 saturated carbocycles. The monoisotopic (exact) mass is 251 g/mol. The molecule has 2 aromatic rings. The molecular formula is C12H14ClN3O. The van der Waals surface area contributed by atoms with E-state index in [-0.39, 0.29) is 0 Å². The van der Waals surface area contributed by atoms with Gasteiger partial charge in [0.2, 0.25) is 0 Å². The lowest BCUT2D eigenvalue weighted by molar-refractivity contribution is 0.415. The quantitative estimate of drug-likeness (QED) is 0.906. The molecular weight excluding hydrogens is 238 g/mol. The number of rotatable bonds is 4. The lowest BCUT2D eigenvalue weighted by Crippen LogP contribution is -2.07. The molecule has 0 spiro atoms. The summed E-state index contributed by atoms with van der Waals surface area (Å²) in [6.45, 7) is 1.36. The van der Waals surface area contributed by atoms with Gasteiger partial charge in [-0.3, -0.25) is 0 Å². The molecule has 0 saturated heterocycles. The molecule has 0 aliphatic carbocycles. The van der Waals surface area contributed by atoms with Crippen LogP contribution in [0.2, 0.25) is 5.02 Å². The largest absolute Gasteiger partial charge is 0.495 e. The van der Waals surface area contributed by atoms with Crippen molar-refractivity contribution in [2.45, 2.75) is 6.54 Å². The van der Waals surface area contributed by atoms with Crippen molar-refractivity contribution >= 4 is 11.6 Å². The normalized spacial score (nSPS) is 10.5. The van der Waals surface area contributed by atoms with Crippen molar-refractivity contribution in [2.24, 2.45) is 5.73 Å². The third kappa shape index (κ3) is 2.60. The number of nitrogens with two attached hydrogens (primary N) is 1. The van der Waals surface area contributed by atoms with E-state index in [4.69, 9.17) is 22.1 Å². The molecule has 1 aromatic heterocycles. The zero-order chi connectivity index (χ0) is 12.3. The Morgan fingerprint density at radius 1 is 1.47 bits per heavy atom. The van der Waals surface area contributed by atoms with Gasteiger partial charge in [-0.15, -0.1) is 0 Å². The average molecular weight is 252 g/mol. The minimum atomic E-state index is 0.582. The summed E-state index contributed by atoms with van der Waals surface area (Å²) in [6.07, 6.45) is 3.71. The Balaban J connectivity index is 2.29. The molecule has 0 bridgehead atoms. The van der Waals surface area contributed by atoms with Crippen LogP contribution in [-0.2, 0) is 6.54 Å². The molecule has 0 fully saturated rings. The van der Waals surface area contributed by atoms with Crippen LogP contribution in [-0.4, -0.2) is 23.2 Å². The van der Waals surface area contributed by atoms with Gasteiger partial charge in [0.25, 0.3) is 0 Å². The van der Waals surface area contributed by atoms with E-state index in [1.807, 2.05) is 29.0 Å². The first kappa shape index (κ1) is 12.0. The van der Waals surface area contributed by atoms with Gasteiger partial charge in [0.15, 0.2) is 0 Å². The maximum Gasteiger partial charge on any atom is 0.137 e. The number of hydrogen-bond acceptors (Lipinski definition) is 3. The minimum Gasteiger partial charge on any atom is -0.495 e. The van der Waals surface area contributed by atoms with E-state index in [2.05, 4.69) is 4.98 Å². The molecule has 0 atom stereocenters. The molecule has 90 valence electrons. The molecule has 0 amide bonds. The van der Waals surface area contributed by atoms with Crippen molar-refractivity contribution in [2.75, 3.05) is 13.7 Å². The molecule has 5 heteroatoms. The van der Waals surface area contributed by atoms with Gasteiger partial charge < -0.3 is 15.0 Å². The third-order valence-electron chi connectivity index (χ3n) is 2.47. The van der Waals surface area contributed by atoms with E-state index in [0.29, 0.717) is 17.3 Å². The highest BCUT2D eigenvalue weighted by Crippen LogP contribution is 2.29. The van der Waals surface area contributed by atoms with Gasteiger partial charge >= 0.3 is 0 Å². The fourth-order valence-corrected chi connectivity index (χ4v) is 1.86. The SMILES string of the molecule is COc1ccc(-c2cn(CCN)cn2)cc1Cl. The molecule has 2 rings (SSSR count). The lowest BCUT2D eigenvalue weighted by atomic mass is 10.1. The summed E-state index contributed by atoms with van der Waals surface area (Å²) in [5.74, 6) is 0.664. The van der Waals surface area contributed by atoms with E-state index in [1.54, 1.807) is 13.4 Å². The fourth-order valence-electron chi connectivity index (χ4n) is 1.61. The van der Waals surface area contributed by atoms with Crippen molar-refractivity contribution in [3.63, 3.8) is 0 Å². The van der Waals surface area contributed by atoms with Crippen LogP contribution >= 0.6 is 11.6 Å². The highest BCUT2D eigenvalue weighted by molar-refractivity contribution is 6.32. The molecule has 0 aliphatic heterocycles. The second kappa shape index (κ2) is 5.21. The van der Waals surface area contributed by atoms with Gasteiger partial charge in [-0.2, -0.15) is 0 Å². The molecule has 1 aromatic carbocycles. The van der Waals surface area contributed by atoms with Crippen LogP contribution in [0.3, 0.4) is 0 Å². The highest BCUT2D eigenvalue weighted by atomic mass is 35.5. The Labute approximate surface area is 105 Å². The number of imidazole rings is 1. The number of benzene rings is 1. The van der Waals surface area contributed by atoms with Crippen molar-refractivity contribution in [3.8, 4) is 17.0 Å². The topological polar surface area (TPSA) is 53.1 Å². The Morgan fingerprint density at radius 3 is 2.94 bits per heavy atom. The lowest BCUT2D eigenvalue weighted by Gasteiger charge is -2.04. The van der Waals surface area contributed by atoms with Gasteiger partial charge in [-0.25, -0.2) is 4.98 Å². The predicted octanol–water partition coefficient (Wildman–Crippen LogP) is 2.17. The summed E-state index contributed by atoms with van der Waals surface area (Å²) in [7, 11) is 1.59. The molecule has 0 aliphatic rings. The molecule has 1 heterocycles. The number of halogens is 1. The van der Waals surface area contributed by atoms with Crippen molar-refractivity contribution in [1.82, 2.24) is 9.55 Å². The van der Waals surface area contributed by atoms with Crippen LogP contribution in [0.5, 0.6) is 5.75 Å². The third-order valence-corrected chi connectivity index (χ3v) is 2.76. The van der Waals surface area contributed by atoms with Crippen LogP contribution in [0.25, 0.3) is 11.3 Å². The zero-order valence-electron chi connectivity index (χ0n) is 9.56. The number of aromatic nitrogens is 2. The highest BCUT2D eigenvalue weighted by Gasteiger charge is 2.06. The fraction of sp³-hybridized carbons (Fsp3) is 0.250. The van der Waals surface area contributed by atoms with Gasteiger partial charge in [0, 0.05) is 24.8 Å². The van der Waals surface area contributed by atoms with Crippen molar-refractivity contribution in [1.29, 1.82) is 0 Å². The standard InChI is InChI=1S/C12H14ClN3O/c1-17-12-3-2-9(6-10(12)13)11-7-16(5-4-14)8-15-11/h2-3,6-8H,4-5,14H2,1H3. The first-order valence-electron chi connectivity index (χ1n) is 5.30. The maximum atomic E-state index is 6.07. The van der Waals surface area contributed by atoms with Crippen LogP contribution in [0.4, 0.5) is 0 Å². The number of methoxy groups -OCH3 is 1. The minimum absolute atomic E-state index is 0.582. The first-order chi connectivity index (χ1) is 8.24. The molecule has 17 heavy (non-hydrogen) atoms. The summed E-state index contributed by atoms with van der Waals surface area (Å²) in [5.41, 5.74) is 7.33. The zero-order valence-corrected chi connectivity index (χ0v) is 10.3. The number of nitrogens with zero attached hydrogens (tertiary/aromatic N) is 2. The van der Waals surface area contributed by atoms with Gasteiger partial charge in [0.05, 0.1) is 24.2 Å². The second-order valence-corrected chi connectivity index (χ2v) is 4.04.